The van der Waals surface area contributed by atoms with Crippen molar-refractivity contribution in [3.63, 3.8) is 0 Å². The highest BCUT2D eigenvalue weighted by Gasteiger charge is 2.28. The Morgan fingerprint density at radius 1 is 1.50 bits per heavy atom. The lowest BCUT2D eigenvalue weighted by Crippen LogP contribution is -2.07. The summed E-state index contributed by atoms with van der Waals surface area (Å²) < 4.78 is 5.50. The zero-order valence-corrected chi connectivity index (χ0v) is 9.36. The number of hydrogen-bond acceptors (Lipinski definition) is 4. The molecule has 0 saturated heterocycles. The van der Waals surface area contributed by atoms with Crippen molar-refractivity contribution in [1.82, 2.24) is 9.97 Å². The lowest BCUT2D eigenvalue weighted by Gasteiger charge is -2.10. The van der Waals surface area contributed by atoms with Gasteiger partial charge in [0.1, 0.15) is 18.2 Å². The van der Waals surface area contributed by atoms with Crippen molar-refractivity contribution >= 4 is 5.82 Å². The molecule has 4 nitrogen and oxygen atoms in total. The van der Waals surface area contributed by atoms with Gasteiger partial charge in [-0.2, -0.15) is 4.98 Å². The number of nitrogens with two attached hydrogens (primary N) is 1. The molecule has 2 rings (SSSR count). The Kier molecular flexibility index (Phi) is 2.95. The van der Waals surface area contributed by atoms with E-state index in [0.29, 0.717) is 30.6 Å². The van der Waals surface area contributed by atoms with Crippen molar-refractivity contribution in [2.45, 2.75) is 32.1 Å². The molecule has 1 saturated carbocycles. The van der Waals surface area contributed by atoms with Gasteiger partial charge in [0.25, 0.3) is 0 Å². The van der Waals surface area contributed by atoms with E-state index < -0.39 is 0 Å². The molecule has 0 radical (unpaired) electrons. The standard InChI is InChI=1S/C12H15N3O/c1-3-4-7-16-12-8(2)10(13)14-11(15-12)9-5-6-9/h1,9H,4-7H2,2H3,(H2,13,14,15). The Bertz CT molecular complexity index is 433. The van der Waals surface area contributed by atoms with Crippen LogP contribution in [0.1, 0.15) is 36.6 Å². The Morgan fingerprint density at radius 2 is 2.25 bits per heavy atom. The van der Waals surface area contributed by atoms with E-state index in [1.54, 1.807) is 0 Å². The predicted octanol–water partition coefficient (Wildman–Crippen LogP) is 1.65. The maximum atomic E-state index is 5.82. The largest absolute Gasteiger partial charge is 0.476 e. The molecule has 1 heterocycles. The maximum absolute atomic E-state index is 5.82. The molecular formula is C12H15N3O. The molecule has 4 heteroatoms. The van der Waals surface area contributed by atoms with E-state index >= 15 is 0 Å². The number of nitrogen functional groups attached to an aromatic ring is 1. The molecule has 0 bridgehead atoms. The van der Waals surface area contributed by atoms with Crippen LogP contribution in [0.2, 0.25) is 0 Å². The number of aromatic nitrogens is 2. The van der Waals surface area contributed by atoms with Crippen LogP contribution in [-0.4, -0.2) is 16.6 Å². The third kappa shape index (κ3) is 2.25. The highest BCUT2D eigenvalue weighted by Crippen LogP contribution is 2.39. The average molecular weight is 217 g/mol. The number of nitrogens with zero attached hydrogens (tertiary/aromatic N) is 2. The Labute approximate surface area is 95.2 Å². The molecule has 1 aromatic heterocycles. The van der Waals surface area contributed by atoms with Gasteiger partial charge in [-0.1, -0.05) is 0 Å². The Balaban J connectivity index is 2.18. The Hall–Kier alpha value is -1.76. The first kappa shape index (κ1) is 10.7. The van der Waals surface area contributed by atoms with Crippen molar-refractivity contribution in [3.8, 4) is 18.2 Å². The Morgan fingerprint density at radius 3 is 2.88 bits per heavy atom. The van der Waals surface area contributed by atoms with Crippen LogP contribution < -0.4 is 10.5 Å². The van der Waals surface area contributed by atoms with Gasteiger partial charge in [-0.3, -0.25) is 0 Å². The second-order valence-electron chi connectivity index (χ2n) is 3.97. The highest BCUT2D eigenvalue weighted by atomic mass is 16.5. The molecule has 1 aromatic rings. The molecule has 0 spiro atoms. The normalized spacial score (nSPS) is 14.5. The summed E-state index contributed by atoms with van der Waals surface area (Å²) in [5, 5.41) is 0. The average Bonchev–Trinajstić information content (AvgIpc) is 3.08. The summed E-state index contributed by atoms with van der Waals surface area (Å²) in [7, 11) is 0. The minimum absolute atomic E-state index is 0.470. The molecule has 0 unspecified atom stereocenters. The van der Waals surface area contributed by atoms with Crippen LogP contribution >= 0.6 is 0 Å². The van der Waals surface area contributed by atoms with Gasteiger partial charge in [0.15, 0.2) is 0 Å². The van der Waals surface area contributed by atoms with Gasteiger partial charge in [-0.25, -0.2) is 4.98 Å². The van der Waals surface area contributed by atoms with Gasteiger partial charge >= 0.3 is 0 Å². The minimum atomic E-state index is 0.470. The fourth-order valence-corrected chi connectivity index (χ4v) is 1.40. The van der Waals surface area contributed by atoms with Crippen LogP contribution in [0.4, 0.5) is 5.82 Å². The summed E-state index contributed by atoms with van der Waals surface area (Å²) in [6, 6.07) is 0. The van der Waals surface area contributed by atoms with E-state index in [-0.39, 0.29) is 0 Å². The molecule has 0 aromatic carbocycles. The van der Waals surface area contributed by atoms with Crippen molar-refractivity contribution in [1.29, 1.82) is 0 Å². The molecule has 0 amide bonds. The number of ether oxygens (including phenoxy) is 1. The quantitative estimate of drug-likeness (QED) is 0.615. The molecule has 0 atom stereocenters. The van der Waals surface area contributed by atoms with Crippen LogP contribution in [0.3, 0.4) is 0 Å². The first-order valence-electron chi connectivity index (χ1n) is 5.42. The monoisotopic (exact) mass is 217 g/mol. The number of terminal acetylenes is 1. The van der Waals surface area contributed by atoms with Crippen LogP contribution in [0.15, 0.2) is 0 Å². The zero-order chi connectivity index (χ0) is 11.5. The molecule has 0 aliphatic heterocycles. The van der Waals surface area contributed by atoms with E-state index in [1.165, 1.54) is 0 Å². The molecule has 1 fully saturated rings. The van der Waals surface area contributed by atoms with Gasteiger partial charge in [0.2, 0.25) is 5.88 Å². The van der Waals surface area contributed by atoms with E-state index in [9.17, 15) is 0 Å². The third-order valence-corrected chi connectivity index (χ3v) is 2.58. The SMILES string of the molecule is C#CCCOc1nc(C2CC2)nc(N)c1C. The lowest BCUT2D eigenvalue weighted by atomic mass is 10.3. The molecule has 84 valence electrons. The van der Waals surface area contributed by atoms with Gasteiger partial charge in [-0.05, 0) is 19.8 Å². The second-order valence-corrected chi connectivity index (χ2v) is 3.97. The van der Waals surface area contributed by atoms with E-state index in [4.69, 9.17) is 16.9 Å². The lowest BCUT2D eigenvalue weighted by molar-refractivity contribution is 0.310. The molecule has 1 aliphatic rings. The first-order valence-corrected chi connectivity index (χ1v) is 5.42. The fourth-order valence-electron chi connectivity index (χ4n) is 1.40. The molecule has 2 N–H and O–H groups in total. The summed E-state index contributed by atoms with van der Waals surface area (Å²) in [4.78, 5) is 8.65. The van der Waals surface area contributed by atoms with Crippen molar-refractivity contribution in [3.05, 3.63) is 11.4 Å². The smallest absolute Gasteiger partial charge is 0.221 e. The van der Waals surface area contributed by atoms with Crippen LogP contribution in [0.25, 0.3) is 0 Å². The highest BCUT2D eigenvalue weighted by molar-refractivity contribution is 5.45. The van der Waals surface area contributed by atoms with Crippen LogP contribution in [0, 0.1) is 19.3 Å². The van der Waals surface area contributed by atoms with Gasteiger partial charge < -0.3 is 10.5 Å². The maximum Gasteiger partial charge on any atom is 0.221 e. The van der Waals surface area contributed by atoms with E-state index in [0.717, 1.165) is 24.2 Å². The van der Waals surface area contributed by atoms with Crippen LogP contribution in [-0.2, 0) is 0 Å². The molecule has 1 aliphatic carbocycles. The molecule has 16 heavy (non-hydrogen) atoms. The summed E-state index contributed by atoms with van der Waals surface area (Å²) in [6.07, 6.45) is 8.02. The fraction of sp³-hybridized carbons (Fsp3) is 0.500. The third-order valence-electron chi connectivity index (χ3n) is 2.58. The van der Waals surface area contributed by atoms with Gasteiger partial charge in [0, 0.05) is 12.3 Å². The number of anilines is 1. The predicted molar refractivity (Wildman–Crippen MR) is 62.1 cm³/mol. The van der Waals surface area contributed by atoms with Crippen molar-refractivity contribution in [2.75, 3.05) is 12.3 Å². The first-order chi connectivity index (χ1) is 7.72. The summed E-state index contributed by atoms with van der Waals surface area (Å²) in [6.45, 7) is 2.33. The topological polar surface area (TPSA) is 61.0 Å². The zero-order valence-electron chi connectivity index (χ0n) is 9.36. The van der Waals surface area contributed by atoms with Crippen molar-refractivity contribution < 1.29 is 4.74 Å². The summed E-state index contributed by atoms with van der Waals surface area (Å²) >= 11 is 0. The number of hydrogen-bond donors (Lipinski definition) is 1. The van der Waals surface area contributed by atoms with Crippen molar-refractivity contribution in [2.24, 2.45) is 0 Å². The molecular weight excluding hydrogens is 202 g/mol. The van der Waals surface area contributed by atoms with Gasteiger partial charge in [0.05, 0.1) is 5.56 Å². The van der Waals surface area contributed by atoms with E-state index in [1.807, 2.05) is 6.92 Å². The minimum Gasteiger partial charge on any atom is -0.476 e. The van der Waals surface area contributed by atoms with Gasteiger partial charge in [-0.15, -0.1) is 12.3 Å². The van der Waals surface area contributed by atoms with Crippen LogP contribution in [0.5, 0.6) is 5.88 Å². The van der Waals surface area contributed by atoms with E-state index in [2.05, 4.69) is 15.9 Å². The second kappa shape index (κ2) is 4.40. The summed E-state index contributed by atoms with van der Waals surface area (Å²) in [5.41, 5.74) is 6.61. The number of rotatable bonds is 4. The summed E-state index contributed by atoms with van der Waals surface area (Å²) in [5.74, 6) is 4.88.